The van der Waals surface area contributed by atoms with Crippen LogP contribution < -0.4 is 0 Å². The van der Waals surface area contributed by atoms with Crippen molar-refractivity contribution in [1.82, 2.24) is 0 Å². The molecule has 1 aromatic rings. The van der Waals surface area contributed by atoms with Crippen molar-refractivity contribution in [2.24, 2.45) is 0 Å². The summed E-state index contributed by atoms with van der Waals surface area (Å²) in [6, 6.07) is 5.47. The molecule has 1 rings (SSSR count). The first-order valence-corrected chi connectivity index (χ1v) is 6.18. The van der Waals surface area contributed by atoms with Crippen molar-refractivity contribution in [3.8, 4) is 0 Å². The van der Waals surface area contributed by atoms with Gasteiger partial charge < -0.3 is 0 Å². The number of Topliss-reactive ketones (excluding diaryl/α,β-unsaturated/α-hetero) is 1. The molecule has 0 atom stereocenters. The second-order valence-electron chi connectivity index (χ2n) is 3.18. The first-order chi connectivity index (χ1) is 7.15. The molecule has 0 heterocycles. The molecule has 0 aliphatic rings. The Kier molecular flexibility index (Phi) is 5.06. The Labute approximate surface area is 103 Å². The van der Waals surface area contributed by atoms with Gasteiger partial charge in [0.2, 0.25) is 0 Å². The second kappa shape index (κ2) is 6.09. The number of halogens is 2. The van der Waals surface area contributed by atoms with Crippen molar-refractivity contribution in [3.63, 3.8) is 0 Å². The van der Waals surface area contributed by atoms with Gasteiger partial charge in [0.15, 0.2) is 5.78 Å². The molecule has 1 aromatic carbocycles. The van der Waals surface area contributed by atoms with E-state index in [0.29, 0.717) is 10.6 Å². The smallest absolute Gasteiger partial charge is 0.161 e. The highest BCUT2D eigenvalue weighted by Crippen LogP contribution is 2.19. The van der Waals surface area contributed by atoms with Gasteiger partial charge in [-0.2, -0.15) is 0 Å². The van der Waals surface area contributed by atoms with Gasteiger partial charge >= 0.3 is 0 Å². The fourth-order valence-corrected chi connectivity index (χ4v) is 1.71. The summed E-state index contributed by atoms with van der Waals surface area (Å²) in [6.07, 6.45) is 5.02. The van der Waals surface area contributed by atoms with Crippen LogP contribution in [0.4, 0.5) is 0 Å². The quantitative estimate of drug-likeness (QED) is 0.595. The summed E-state index contributed by atoms with van der Waals surface area (Å²) >= 11 is 9.25. The summed E-state index contributed by atoms with van der Waals surface area (Å²) < 4.78 is 0. The molecule has 0 aromatic heterocycles. The fourth-order valence-electron chi connectivity index (χ4n) is 1.20. The summed E-state index contributed by atoms with van der Waals surface area (Å²) in [6.45, 7) is 1.52. The van der Waals surface area contributed by atoms with Gasteiger partial charge in [0.25, 0.3) is 0 Å². The Morgan fingerprint density at radius 3 is 2.87 bits per heavy atom. The van der Waals surface area contributed by atoms with Crippen LogP contribution in [0.1, 0.15) is 29.3 Å². The summed E-state index contributed by atoms with van der Waals surface area (Å²) in [5, 5.41) is 1.46. The number of alkyl halides is 1. The van der Waals surface area contributed by atoms with Crippen molar-refractivity contribution >= 4 is 39.4 Å². The number of ketones is 1. The van der Waals surface area contributed by atoms with Crippen LogP contribution in [0.5, 0.6) is 0 Å². The highest BCUT2D eigenvalue weighted by molar-refractivity contribution is 9.09. The molecule has 0 radical (unpaired) electrons. The third-order valence-electron chi connectivity index (χ3n) is 1.96. The van der Waals surface area contributed by atoms with Crippen LogP contribution in [-0.4, -0.2) is 11.1 Å². The Hall–Kier alpha value is -0.600. The molecule has 3 heteroatoms. The third kappa shape index (κ3) is 3.80. The minimum absolute atomic E-state index is 0.00394. The lowest BCUT2D eigenvalue weighted by Crippen LogP contribution is -1.93. The maximum absolute atomic E-state index is 11.2. The van der Waals surface area contributed by atoms with Gasteiger partial charge in [0, 0.05) is 10.9 Å². The molecule has 15 heavy (non-hydrogen) atoms. The van der Waals surface area contributed by atoms with Gasteiger partial charge in [0.05, 0.1) is 5.02 Å². The van der Waals surface area contributed by atoms with Gasteiger partial charge in [-0.15, -0.1) is 0 Å². The molecule has 0 aliphatic heterocycles. The molecule has 0 saturated heterocycles. The Balaban J connectivity index is 2.92. The molecule has 0 N–H and O–H groups in total. The first kappa shape index (κ1) is 12.5. The zero-order valence-corrected chi connectivity index (χ0v) is 10.8. The first-order valence-electron chi connectivity index (χ1n) is 4.68. The fraction of sp³-hybridized carbons (Fsp3) is 0.250. The minimum atomic E-state index is -0.00394. The summed E-state index contributed by atoms with van der Waals surface area (Å²) in [7, 11) is 0. The second-order valence-corrected chi connectivity index (χ2v) is 4.38. The van der Waals surface area contributed by atoms with E-state index in [1.807, 2.05) is 18.2 Å². The molecule has 0 fully saturated rings. The molecule has 80 valence electrons. The molecule has 0 spiro atoms. The number of hydrogen-bond acceptors (Lipinski definition) is 1. The Bertz CT molecular complexity index is 385. The zero-order chi connectivity index (χ0) is 11.3. The standard InChI is InChI=1S/C12H12BrClO/c1-9(15)11-8-10(4-2-3-7-13)5-6-12(11)14/h2,4-6,8H,3,7H2,1H3. The average Bonchev–Trinajstić information content (AvgIpc) is 2.20. The molecule has 0 bridgehead atoms. The van der Waals surface area contributed by atoms with Crippen LogP contribution in [0.2, 0.25) is 5.02 Å². The number of carbonyl (C=O) groups is 1. The van der Waals surface area contributed by atoms with Gasteiger partial charge in [-0.25, -0.2) is 0 Å². The third-order valence-corrected chi connectivity index (χ3v) is 2.74. The summed E-state index contributed by atoms with van der Waals surface area (Å²) in [5.74, 6) is -0.00394. The molecule has 1 nitrogen and oxygen atoms in total. The van der Waals surface area contributed by atoms with Gasteiger partial charge in [-0.3, -0.25) is 4.79 Å². The van der Waals surface area contributed by atoms with E-state index in [1.165, 1.54) is 6.92 Å². The van der Waals surface area contributed by atoms with Crippen LogP contribution in [-0.2, 0) is 0 Å². The summed E-state index contributed by atoms with van der Waals surface area (Å²) in [4.78, 5) is 11.2. The van der Waals surface area contributed by atoms with E-state index in [2.05, 4.69) is 22.0 Å². The van der Waals surface area contributed by atoms with Crippen molar-refractivity contribution in [3.05, 3.63) is 40.4 Å². The monoisotopic (exact) mass is 286 g/mol. The molecular weight excluding hydrogens is 275 g/mol. The maximum atomic E-state index is 11.2. The molecule has 0 saturated carbocycles. The molecule has 0 amide bonds. The van der Waals surface area contributed by atoms with E-state index >= 15 is 0 Å². The van der Waals surface area contributed by atoms with E-state index in [9.17, 15) is 4.79 Å². The van der Waals surface area contributed by atoms with Gasteiger partial charge in [0.1, 0.15) is 0 Å². The summed E-state index contributed by atoms with van der Waals surface area (Å²) in [5.41, 5.74) is 1.59. The van der Waals surface area contributed by atoms with E-state index in [4.69, 9.17) is 11.6 Å². The van der Waals surface area contributed by atoms with E-state index in [0.717, 1.165) is 17.3 Å². The van der Waals surface area contributed by atoms with Gasteiger partial charge in [-0.1, -0.05) is 45.7 Å². The van der Waals surface area contributed by atoms with Crippen molar-refractivity contribution in [2.75, 3.05) is 5.33 Å². The number of allylic oxidation sites excluding steroid dienone is 1. The SMILES string of the molecule is CC(=O)c1cc(C=CCCBr)ccc1Cl. The number of hydrogen-bond donors (Lipinski definition) is 0. The maximum Gasteiger partial charge on any atom is 0.161 e. The van der Waals surface area contributed by atoms with E-state index in [-0.39, 0.29) is 5.78 Å². The largest absolute Gasteiger partial charge is 0.294 e. The van der Waals surface area contributed by atoms with Crippen molar-refractivity contribution in [2.45, 2.75) is 13.3 Å². The topological polar surface area (TPSA) is 17.1 Å². The lowest BCUT2D eigenvalue weighted by Gasteiger charge is -2.01. The average molecular weight is 288 g/mol. The predicted octanol–water partition coefficient (Wildman–Crippen LogP) is 4.34. The lowest BCUT2D eigenvalue weighted by molar-refractivity contribution is 0.101. The van der Waals surface area contributed by atoms with E-state index < -0.39 is 0 Å². The highest BCUT2D eigenvalue weighted by atomic mass is 79.9. The van der Waals surface area contributed by atoms with E-state index in [1.54, 1.807) is 6.07 Å². The van der Waals surface area contributed by atoms with Crippen molar-refractivity contribution in [1.29, 1.82) is 0 Å². The number of rotatable bonds is 4. The Morgan fingerprint density at radius 1 is 1.53 bits per heavy atom. The molecule has 0 unspecified atom stereocenters. The van der Waals surface area contributed by atoms with Crippen LogP contribution in [0.3, 0.4) is 0 Å². The predicted molar refractivity (Wildman–Crippen MR) is 68.9 cm³/mol. The Morgan fingerprint density at radius 2 is 2.27 bits per heavy atom. The lowest BCUT2D eigenvalue weighted by atomic mass is 10.1. The molecule has 0 aliphatic carbocycles. The van der Waals surface area contributed by atoms with Crippen LogP contribution in [0, 0.1) is 0 Å². The number of carbonyl (C=O) groups excluding carboxylic acids is 1. The van der Waals surface area contributed by atoms with Crippen LogP contribution >= 0.6 is 27.5 Å². The zero-order valence-electron chi connectivity index (χ0n) is 8.47. The van der Waals surface area contributed by atoms with Gasteiger partial charge in [-0.05, 0) is 31.0 Å². The van der Waals surface area contributed by atoms with Crippen molar-refractivity contribution < 1.29 is 4.79 Å². The minimum Gasteiger partial charge on any atom is -0.294 e. The highest BCUT2D eigenvalue weighted by Gasteiger charge is 2.04. The van der Waals surface area contributed by atoms with Crippen LogP contribution in [0.25, 0.3) is 6.08 Å². The molecular formula is C12H12BrClO. The normalized spacial score (nSPS) is 10.9. The number of benzene rings is 1. The van der Waals surface area contributed by atoms with Crippen LogP contribution in [0.15, 0.2) is 24.3 Å².